The fourth-order valence-electron chi connectivity index (χ4n) is 0.395. The topological polar surface area (TPSA) is 59.9 Å². The fraction of sp³-hybridized carbons (Fsp3) is 0.500. The van der Waals surface area contributed by atoms with Crippen LogP contribution in [-0.2, 0) is 11.6 Å². The maximum atomic E-state index is 8.29. The van der Waals surface area contributed by atoms with E-state index < -0.39 is 11.6 Å². The highest BCUT2D eigenvalue weighted by atomic mass is 32.1. The van der Waals surface area contributed by atoms with E-state index in [0.29, 0.717) is 0 Å². The van der Waals surface area contributed by atoms with E-state index in [0.717, 1.165) is 10.0 Å². The minimum Gasteiger partial charge on any atom is -0.168 e. The monoisotopic (exact) mass is 178 g/mol. The van der Waals surface area contributed by atoms with Gasteiger partial charge < -0.3 is 0 Å². The van der Waals surface area contributed by atoms with E-state index in [-0.39, 0.29) is 0 Å². The molecule has 0 saturated heterocycles. The first-order valence-corrected chi connectivity index (χ1v) is 3.87. The molecule has 0 spiro atoms. The number of aromatic nitrogens is 2. The van der Waals surface area contributed by atoms with Crippen LogP contribution >= 0.6 is 11.3 Å². The maximum Gasteiger partial charge on any atom is 0.335 e. The molecule has 0 atom stereocenters. The second-order valence-corrected chi connectivity index (χ2v) is 2.93. The summed E-state index contributed by atoms with van der Waals surface area (Å²) < 4.78 is 16.6. The molecule has 10 heavy (non-hydrogen) atoms. The fourth-order valence-corrected chi connectivity index (χ4v) is 0.986. The van der Waals surface area contributed by atoms with Crippen molar-refractivity contribution in [2.75, 3.05) is 0 Å². The van der Waals surface area contributed by atoms with Gasteiger partial charge in [0.05, 0.1) is 0 Å². The Morgan fingerprint density at radius 2 is 1.50 bits per heavy atom. The van der Waals surface area contributed by atoms with Crippen LogP contribution in [0.5, 0.6) is 0 Å². The van der Waals surface area contributed by atoms with Gasteiger partial charge in [0, 0.05) is 0 Å². The first-order chi connectivity index (χ1) is 4.70. The lowest BCUT2D eigenvalue weighted by atomic mass is 10.9. The first-order valence-electron chi connectivity index (χ1n) is 2.39. The van der Waals surface area contributed by atoms with Gasteiger partial charge >= 0.3 is 11.6 Å². The van der Waals surface area contributed by atoms with Crippen molar-refractivity contribution in [1.29, 1.82) is 0 Å². The number of nitrogens with zero attached hydrogens (tertiary/aromatic N) is 2. The molecule has 0 aliphatic carbocycles. The molecule has 0 amide bonds. The summed E-state index contributed by atoms with van der Waals surface area (Å²) >= 11 is 0.870. The number of hydrogen-bond acceptors (Lipinski definition) is 5. The molecular weight excluding hydrogens is 172 g/mol. The van der Waals surface area contributed by atoms with Gasteiger partial charge in [-0.3, -0.25) is 0 Å². The summed E-state index contributed by atoms with van der Waals surface area (Å²) in [7, 11) is 0. The van der Waals surface area contributed by atoms with Gasteiger partial charge in [-0.25, -0.2) is 0 Å². The molecule has 0 fully saturated rings. The number of rotatable bonds is 0. The van der Waals surface area contributed by atoms with E-state index in [1.54, 1.807) is 11.3 Å². The lowest BCUT2D eigenvalue weighted by molar-refractivity contribution is 0.630. The van der Waals surface area contributed by atoms with Crippen molar-refractivity contribution in [3.05, 3.63) is 10.0 Å². The van der Waals surface area contributed by atoms with E-state index >= 15 is 0 Å². The highest BCUT2D eigenvalue weighted by Gasteiger charge is 1.88. The van der Waals surface area contributed by atoms with Crippen molar-refractivity contribution in [2.24, 2.45) is 0 Å². The van der Waals surface area contributed by atoms with Crippen LogP contribution in [0.3, 0.4) is 0 Å². The second-order valence-electron chi connectivity index (χ2n) is 1.41. The van der Waals surface area contributed by atoms with Crippen molar-refractivity contribution in [1.82, 2.24) is 10.2 Å². The number of aryl methyl sites for hydroxylation is 2. The summed E-state index contributed by atoms with van der Waals surface area (Å²) in [6.45, 7) is 3.90. The van der Waals surface area contributed by atoms with Crippen molar-refractivity contribution in [3.8, 4) is 0 Å². The summed E-state index contributed by atoms with van der Waals surface area (Å²) in [5, 5.41) is 9.65. The Morgan fingerprint density at radius 1 is 1.20 bits per heavy atom. The van der Waals surface area contributed by atoms with Gasteiger partial charge in [-0.1, -0.05) is 0 Å². The molecule has 0 bridgehead atoms. The Balaban J connectivity index is 0.000000236. The Bertz CT molecular complexity index is 212. The van der Waals surface area contributed by atoms with Crippen LogP contribution in [0, 0.1) is 13.8 Å². The third-order valence-electron chi connectivity index (χ3n) is 0.627. The smallest absolute Gasteiger partial charge is 0.168 e. The van der Waals surface area contributed by atoms with Gasteiger partial charge in [0.15, 0.2) is 0 Å². The third-order valence-corrected chi connectivity index (χ3v) is 1.38. The molecule has 1 rings (SSSR count). The van der Waals surface area contributed by atoms with Crippen LogP contribution in [-0.4, -0.2) is 18.6 Å². The van der Waals surface area contributed by atoms with Crippen LogP contribution in [0.15, 0.2) is 0 Å². The van der Waals surface area contributed by atoms with E-state index in [1.165, 1.54) is 0 Å². The SMILES string of the molecule is Cc1nnc(C)s1.O=S=O. The first kappa shape index (κ1) is 9.38. The lowest BCUT2D eigenvalue weighted by Crippen LogP contribution is -1.68. The zero-order chi connectivity index (χ0) is 7.98. The molecule has 0 saturated carbocycles. The molecule has 56 valence electrons. The van der Waals surface area contributed by atoms with Crippen LogP contribution in [0.2, 0.25) is 0 Å². The quantitative estimate of drug-likeness (QED) is 0.580. The average Bonchev–Trinajstić information content (AvgIpc) is 2.17. The standard InChI is InChI=1S/C4H6N2S.O2S/c1-3-5-6-4(2)7-3;1-3-2/h1-2H3;. The zero-order valence-electron chi connectivity index (χ0n) is 5.53. The van der Waals surface area contributed by atoms with Crippen LogP contribution < -0.4 is 0 Å². The molecule has 0 radical (unpaired) electrons. The molecule has 0 unspecified atom stereocenters. The van der Waals surface area contributed by atoms with E-state index in [9.17, 15) is 0 Å². The van der Waals surface area contributed by atoms with Gasteiger partial charge in [0.2, 0.25) is 0 Å². The van der Waals surface area contributed by atoms with Crippen LogP contribution in [0.1, 0.15) is 10.0 Å². The predicted molar refractivity (Wildman–Crippen MR) is 38.3 cm³/mol. The third kappa shape index (κ3) is 4.28. The zero-order valence-corrected chi connectivity index (χ0v) is 7.16. The Kier molecular flexibility index (Phi) is 4.87. The molecule has 6 heteroatoms. The molecule has 4 nitrogen and oxygen atoms in total. The van der Waals surface area contributed by atoms with Crippen molar-refractivity contribution in [3.63, 3.8) is 0 Å². The van der Waals surface area contributed by atoms with Gasteiger partial charge in [-0.2, -0.15) is 8.42 Å². The predicted octanol–water partition coefficient (Wildman–Crippen LogP) is 0.485. The maximum absolute atomic E-state index is 8.29. The van der Waals surface area contributed by atoms with Crippen LogP contribution in [0.25, 0.3) is 0 Å². The Labute approximate surface area is 65.9 Å². The Morgan fingerprint density at radius 3 is 1.60 bits per heavy atom. The van der Waals surface area contributed by atoms with Gasteiger partial charge in [0.25, 0.3) is 0 Å². The Hall–Kier alpha value is -0.620. The molecule has 1 aromatic heterocycles. The minimum absolute atomic E-state index is 0.750. The molecular formula is C4H6N2O2S2. The summed E-state index contributed by atoms with van der Waals surface area (Å²) in [6, 6.07) is 0. The summed E-state index contributed by atoms with van der Waals surface area (Å²) in [5.74, 6) is 0. The van der Waals surface area contributed by atoms with E-state index in [1.807, 2.05) is 13.8 Å². The highest BCUT2D eigenvalue weighted by molar-refractivity contribution is 7.51. The highest BCUT2D eigenvalue weighted by Crippen LogP contribution is 2.03. The molecule has 0 aliphatic rings. The largest absolute Gasteiger partial charge is 0.335 e. The normalized spacial score (nSPS) is 7.80. The summed E-state index contributed by atoms with van der Waals surface area (Å²) in [5.41, 5.74) is 0. The van der Waals surface area contributed by atoms with Gasteiger partial charge in [-0.05, 0) is 13.8 Å². The second kappa shape index (κ2) is 5.19. The molecule has 0 aliphatic heterocycles. The van der Waals surface area contributed by atoms with Crippen LogP contribution in [0.4, 0.5) is 0 Å². The van der Waals surface area contributed by atoms with E-state index in [4.69, 9.17) is 8.42 Å². The average molecular weight is 178 g/mol. The van der Waals surface area contributed by atoms with Crippen molar-refractivity contribution in [2.45, 2.75) is 13.8 Å². The summed E-state index contributed by atoms with van der Waals surface area (Å²) in [4.78, 5) is 0. The molecule has 1 aromatic rings. The molecule has 0 aromatic carbocycles. The van der Waals surface area contributed by atoms with Crippen molar-refractivity contribution >= 4 is 22.9 Å². The van der Waals surface area contributed by atoms with Gasteiger partial charge in [-0.15, -0.1) is 21.5 Å². The van der Waals surface area contributed by atoms with Crippen molar-refractivity contribution < 1.29 is 8.42 Å². The lowest BCUT2D eigenvalue weighted by Gasteiger charge is -1.65. The van der Waals surface area contributed by atoms with Gasteiger partial charge in [0.1, 0.15) is 10.0 Å². The minimum atomic E-state index is -0.750. The summed E-state index contributed by atoms with van der Waals surface area (Å²) in [6.07, 6.45) is 0. The number of hydrogen-bond donors (Lipinski definition) is 0. The van der Waals surface area contributed by atoms with E-state index in [2.05, 4.69) is 10.2 Å². The molecule has 0 N–H and O–H groups in total. The molecule has 1 heterocycles.